The number of nitrogens with zero attached hydrogens (tertiary/aromatic N) is 2. The number of aryl methyl sites for hydroxylation is 1. The smallest absolute Gasteiger partial charge is 0.270 e. The van der Waals surface area contributed by atoms with Crippen molar-refractivity contribution in [2.45, 2.75) is 6.92 Å². The van der Waals surface area contributed by atoms with Crippen LogP contribution in [0.1, 0.15) is 16.1 Å². The Hall–Kier alpha value is -2.60. The van der Waals surface area contributed by atoms with E-state index in [9.17, 15) is 4.79 Å². The lowest BCUT2D eigenvalue weighted by molar-refractivity contribution is 0.0953. The molecule has 0 saturated heterocycles. The molecule has 1 heterocycles. The fraction of sp³-hybridized carbons (Fsp3) is 0.188. The van der Waals surface area contributed by atoms with Crippen molar-refractivity contribution >= 4 is 29.1 Å². The van der Waals surface area contributed by atoms with Gasteiger partial charge in [0.15, 0.2) is 0 Å². The highest BCUT2D eigenvalue weighted by Gasteiger charge is 2.11. The van der Waals surface area contributed by atoms with Gasteiger partial charge in [0.05, 0.1) is 12.8 Å². The summed E-state index contributed by atoms with van der Waals surface area (Å²) >= 11 is 6.08. The largest absolute Gasteiger partial charge is 0.495 e. The average Bonchev–Trinajstić information content (AvgIpc) is 2.56. The molecule has 0 bridgehead atoms. The number of rotatable bonds is 6. The van der Waals surface area contributed by atoms with Gasteiger partial charge in [0.2, 0.25) is 5.95 Å². The third-order valence-corrected chi connectivity index (χ3v) is 3.43. The van der Waals surface area contributed by atoms with Crippen molar-refractivity contribution < 1.29 is 9.53 Å². The topological polar surface area (TPSA) is 76.1 Å². The third kappa shape index (κ3) is 4.20. The summed E-state index contributed by atoms with van der Waals surface area (Å²) in [5.74, 6) is 0.552. The lowest BCUT2D eigenvalue weighted by Crippen LogP contribution is -2.24. The Morgan fingerprint density at radius 1 is 1.48 bits per heavy atom. The lowest BCUT2D eigenvalue weighted by atomic mass is 10.2. The molecule has 6 nitrogen and oxygen atoms in total. The Kier molecular flexibility index (Phi) is 5.54. The third-order valence-electron chi connectivity index (χ3n) is 3.02. The minimum Gasteiger partial charge on any atom is -0.495 e. The predicted molar refractivity (Wildman–Crippen MR) is 90.6 cm³/mol. The van der Waals surface area contributed by atoms with Gasteiger partial charge in [0.25, 0.3) is 5.91 Å². The van der Waals surface area contributed by atoms with Crippen LogP contribution >= 0.6 is 11.6 Å². The van der Waals surface area contributed by atoms with Crippen molar-refractivity contribution in [3.8, 4) is 5.75 Å². The summed E-state index contributed by atoms with van der Waals surface area (Å²) in [7, 11) is 1.55. The van der Waals surface area contributed by atoms with Crippen LogP contribution in [0.5, 0.6) is 5.75 Å². The number of carbonyl (C=O) groups is 1. The maximum atomic E-state index is 11.9. The van der Waals surface area contributed by atoms with E-state index in [0.29, 0.717) is 23.0 Å². The number of hydrogen-bond acceptors (Lipinski definition) is 5. The zero-order valence-electron chi connectivity index (χ0n) is 12.9. The molecule has 1 amide bonds. The maximum Gasteiger partial charge on any atom is 0.270 e. The quantitative estimate of drug-likeness (QED) is 0.795. The Morgan fingerprint density at radius 3 is 2.96 bits per heavy atom. The second kappa shape index (κ2) is 7.60. The van der Waals surface area contributed by atoms with Gasteiger partial charge in [-0.3, -0.25) is 4.79 Å². The van der Waals surface area contributed by atoms with Crippen molar-refractivity contribution in [2.24, 2.45) is 0 Å². The molecule has 2 rings (SSSR count). The number of aromatic nitrogens is 2. The van der Waals surface area contributed by atoms with Crippen molar-refractivity contribution in [1.29, 1.82) is 0 Å². The molecule has 0 fully saturated rings. The molecule has 0 radical (unpaired) electrons. The summed E-state index contributed by atoms with van der Waals surface area (Å²) in [5.41, 5.74) is 1.81. The van der Waals surface area contributed by atoms with E-state index in [1.165, 1.54) is 12.3 Å². The first kappa shape index (κ1) is 16.8. The van der Waals surface area contributed by atoms with E-state index in [1.807, 2.05) is 13.0 Å². The normalized spacial score (nSPS) is 10.0. The van der Waals surface area contributed by atoms with E-state index in [4.69, 9.17) is 16.3 Å². The molecule has 1 aromatic heterocycles. The molecule has 7 heteroatoms. The fourth-order valence-electron chi connectivity index (χ4n) is 1.85. The molecule has 0 atom stereocenters. The number of anilines is 2. The highest BCUT2D eigenvalue weighted by molar-refractivity contribution is 6.31. The second-order valence-electron chi connectivity index (χ2n) is 4.69. The molecular weight excluding hydrogens is 316 g/mol. The molecule has 120 valence electrons. The Bertz CT molecular complexity index is 734. The minimum absolute atomic E-state index is 0.258. The predicted octanol–water partition coefficient (Wildman–Crippen LogP) is 3.11. The summed E-state index contributed by atoms with van der Waals surface area (Å²) in [6.07, 6.45) is 3.10. The molecule has 0 aliphatic heterocycles. The van der Waals surface area contributed by atoms with Crippen molar-refractivity contribution in [3.05, 3.63) is 53.3 Å². The van der Waals surface area contributed by atoms with E-state index in [0.717, 1.165) is 5.56 Å². The van der Waals surface area contributed by atoms with E-state index in [-0.39, 0.29) is 17.5 Å². The van der Waals surface area contributed by atoms with Crippen molar-refractivity contribution in [1.82, 2.24) is 15.3 Å². The summed E-state index contributed by atoms with van der Waals surface area (Å²) in [6, 6.07) is 5.07. The van der Waals surface area contributed by atoms with Crippen LogP contribution in [0.25, 0.3) is 0 Å². The van der Waals surface area contributed by atoms with E-state index in [2.05, 4.69) is 27.2 Å². The van der Waals surface area contributed by atoms with Crippen LogP contribution in [0.2, 0.25) is 5.02 Å². The number of carbonyl (C=O) groups excluding carboxylic acids is 1. The van der Waals surface area contributed by atoms with Crippen LogP contribution in [0, 0.1) is 6.92 Å². The zero-order chi connectivity index (χ0) is 16.8. The first-order valence-corrected chi connectivity index (χ1v) is 7.26. The molecule has 0 aliphatic rings. The fourth-order valence-corrected chi connectivity index (χ4v) is 2.00. The van der Waals surface area contributed by atoms with Gasteiger partial charge in [-0.05, 0) is 24.6 Å². The van der Waals surface area contributed by atoms with Gasteiger partial charge in [-0.25, -0.2) is 9.97 Å². The first-order chi connectivity index (χ1) is 11.0. The number of methoxy groups -OCH3 is 1. The van der Waals surface area contributed by atoms with Crippen LogP contribution < -0.4 is 15.4 Å². The number of ether oxygens (including phenoxy) is 1. The standard InChI is InChI=1S/C16H17ClN4O2/c1-4-6-18-15(22)12-5-7-19-16(20-12)21-13-8-10(2)11(17)9-14(13)23-3/h4-5,7-9H,1,6H2,2-3H3,(H,18,22)(H,19,20,21). The van der Waals surface area contributed by atoms with Gasteiger partial charge in [-0.1, -0.05) is 17.7 Å². The summed E-state index contributed by atoms with van der Waals surface area (Å²) < 4.78 is 5.29. The first-order valence-electron chi connectivity index (χ1n) is 6.88. The highest BCUT2D eigenvalue weighted by Crippen LogP contribution is 2.32. The number of benzene rings is 1. The van der Waals surface area contributed by atoms with Crippen molar-refractivity contribution in [3.63, 3.8) is 0 Å². The van der Waals surface area contributed by atoms with E-state index >= 15 is 0 Å². The van der Waals surface area contributed by atoms with E-state index < -0.39 is 0 Å². The number of amides is 1. The van der Waals surface area contributed by atoms with Crippen molar-refractivity contribution in [2.75, 3.05) is 19.0 Å². The number of hydrogen-bond donors (Lipinski definition) is 2. The van der Waals surface area contributed by atoms with Gasteiger partial charge in [-0.2, -0.15) is 0 Å². The Labute approximate surface area is 139 Å². The monoisotopic (exact) mass is 332 g/mol. The molecule has 1 aromatic carbocycles. The van der Waals surface area contributed by atoms with Gasteiger partial charge >= 0.3 is 0 Å². The van der Waals surface area contributed by atoms with Crippen LogP contribution in [0.15, 0.2) is 37.1 Å². The molecule has 0 spiro atoms. The SMILES string of the molecule is C=CCNC(=O)c1ccnc(Nc2cc(C)c(Cl)cc2OC)n1. The molecular formula is C16H17ClN4O2. The molecule has 2 N–H and O–H groups in total. The zero-order valence-corrected chi connectivity index (χ0v) is 13.6. The lowest BCUT2D eigenvalue weighted by Gasteiger charge is -2.12. The summed E-state index contributed by atoms with van der Waals surface area (Å²) in [6.45, 7) is 5.80. The summed E-state index contributed by atoms with van der Waals surface area (Å²) in [4.78, 5) is 20.2. The van der Waals surface area contributed by atoms with E-state index in [1.54, 1.807) is 19.3 Å². The number of halogens is 1. The Balaban J connectivity index is 2.25. The highest BCUT2D eigenvalue weighted by atomic mass is 35.5. The van der Waals surface area contributed by atoms with Gasteiger partial charge < -0.3 is 15.4 Å². The van der Waals surface area contributed by atoms with Gasteiger partial charge in [-0.15, -0.1) is 6.58 Å². The molecule has 2 aromatic rings. The van der Waals surface area contributed by atoms with Crippen LogP contribution in [-0.4, -0.2) is 29.5 Å². The average molecular weight is 333 g/mol. The molecule has 0 unspecified atom stereocenters. The molecule has 23 heavy (non-hydrogen) atoms. The minimum atomic E-state index is -0.297. The molecule has 0 saturated carbocycles. The maximum absolute atomic E-state index is 11.9. The van der Waals surface area contributed by atoms with Crippen LogP contribution in [0.3, 0.4) is 0 Å². The van der Waals surface area contributed by atoms with Gasteiger partial charge in [0, 0.05) is 23.8 Å². The number of nitrogens with one attached hydrogen (secondary N) is 2. The van der Waals surface area contributed by atoms with Crippen LogP contribution in [0.4, 0.5) is 11.6 Å². The summed E-state index contributed by atoms with van der Waals surface area (Å²) in [5, 5.41) is 6.30. The molecule has 0 aliphatic carbocycles. The Morgan fingerprint density at radius 2 is 2.26 bits per heavy atom. The van der Waals surface area contributed by atoms with Gasteiger partial charge in [0.1, 0.15) is 11.4 Å². The second-order valence-corrected chi connectivity index (χ2v) is 5.10. The van der Waals surface area contributed by atoms with Crippen LogP contribution in [-0.2, 0) is 0 Å².